The fraction of sp³-hybridized carbons (Fsp3) is 0.333. The first-order valence-corrected chi connectivity index (χ1v) is 4.12. The normalized spacial score (nSPS) is 21.8. The zero-order chi connectivity index (χ0) is 7.84. The highest BCUT2D eigenvalue weighted by molar-refractivity contribution is 6.31. The number of halogens is 1. The maximum Gasteiger partial charge on any atom is 0.0810 e. The lowest BCUT2D eigenvalue weighted by molar-refractivity contribution is 0.180. The maximum atomic E-state index is 9.48. The van der Waals surface area contributed by atoms with E-state index in [0.29, 0.717) is 5.02 Å². The van der Waals surface area contributed by atoms with Crippen LogP contribution >= 0.6 is 11.6 Å². The molecule has 0 aromatic heterocycles. The first-order chi connectivity index (χ1) is 5.29. The van der Waals surface area contributed by atoms with E-state index in [0.717, 1.165) is 18.4 Å². The molecule has 58 valence electrons. The van der Waals surface area contributed by atoms with Crippen LogP contribution < -0.4 is 0 Å². The van der Waals surface area contributed by atoms with Crippen molar-refractivity contribution < 1.29 is 5.11 Å². The molecule has 1 aromatic carbocycles. The number of hydrogen-bond acceptors (Lipinski definition) is 1. The summed E-state index contributed by atoms with van der Waals surface area (Å²) in [5, 5.41) is 10.2. The van der Waals surface area contributed by atoms with E-state index in [1.54, 1.807) is 0 Å². The Hall–Kier alpha value is -0.530. The van der Waals surface area contributed by atoms with Crippen molar-refractivity contribution >= 4 is 11.6 Å². The van der Waals surface area contributed by atoms with E-state index in [9.17, 15) is 5.11 Å². The maximum absolute atomic E-state index is 9.48. The van der Waals surface area contributed by atoms with Gasteiger partial charge in [-0.15, -0.1) is 0 Å². The molecule has 0 aliphatic heterocycles. The summed E-state index contributed by atoms with van der Waals surface area (Å²) in [5.41, 5.74) is 2.14. The molecule has 2 rings (SSSR count). The Morgan fingerprint density at radius 2 is 2.27 bits per heavy atom. The third kappa shape index (κ3) is 1.05. The summed E-state index contributed by atoms with van der Waals surface area (Å²) in [7, 11) is 0. The summed E-state index contributed by atoms with van der Waals surface area (Å²) < 4.78 is 0. The van der Waals surface area contributed by atoms with E-state index in [-0.39, 0.29) is 6.10 Å². The minimum Gasteiger partial charge on any atom is -0.388 e. The molecule has 1 aliphatic rings. The van der Waals surface area contributed by atoms with E-state index in [2.05, 4.69) is 0 Å². The zero-order valence-electron chi connectivity index (χ0n) is 6.05. The van der Waals surface area contributed by atoms with Gasteiger partial charge in [0.15, 0.2) is 0 Å². The largest absolute Gasteiger partial charge is 0.388 e. The smallest absolute Gasteiger partial charge is 0.0810 e. The van der Waals surface area contributed by atoms with Crippen molar-refractivity contribution in [1.29, 1.82) is 0 Å². The van der Waals surface area contributed by atoms with Crippen LogP contribution in [0.1, 0.15) is 23.7 Å². The van der Waals surface area contributed by atoms with E-state index in [4.69, 9.17) is 11.6 Å². The van der Waals surface area contributed by atoms with Gasteiger partial charge in [0.2, 0.25) is 0 Å². The van der Waals surface area contributed by atoms with Crippen molar-refractivity contribution in [3.05, 3.63) is 34.3 Å². The summed E-state index contributed by atoms with van der Waals surface area (Å²) in [6.07, 6.45) is 1.44. The molecule has 0 bridgehead atoms. The fourth-order valence-corrected chi connectivity index (χ4v) is 1.93. The van der Waals surface area contributed by atoms with Crippen LogP contribution in [0.4, 0.5) is 0 Å². The van der Waals surface area contributed by atoms with Crippen molar-refractivity contribution in [1.82, 2.24) is 0 Å². The van der Waals surface area contributed by atoms with Gasteiger partial charge in [-0.1, -0.05) is 23.7 Å². The predicted molar refractivity (Wildman–Crippen MR) is 44.7 cm³/mol. The molecule has 0 amide bonds. The van der Waals surface area contributed by atoms with Crippen LogP contribution in [0.25, 0.3) is 0 Å². The lowest BCUT2D eigenvalue weighted by atomic mass is 10.1. The molecule has 1 aliphatic carbocycles. The minimum absolute atomic E-state index is 0.335. The number of aryl methyl sites for hydroxylation is 1. The van der Waals surface area contributed by atoms with Crippen LogP contribution in [-0.2, 0) is 6.42 Å². The summed E-state index contributed by atoms with van der Waals surface area (Å²) in [4.78, 5) is 0. The molecule has 0 unspecified atom stereocenters. The molecule has 0 heterocycles. The Kier molecular flexibility index (Phi) is 1.63. The molecule has 0 radical (unpaired) electrons. The Balaban J connectivity index is 2.58. The van der Waals surface area contributed by atoms with Gasteiger partial charge in [-0.2, -0.15) is 0 Å². The van der Waals surface area contributed by atoms with Crippen LogP contribution in [0, 0.1) is 0 Å². The number of fused-ring (bicyclic) bond motifs is 1. The van der Waals surface area contributed by atoms with Gasteiger partial charge in [0.1, 0.15) is 0 Å². The fourth-order valence-electron chi connectivity index (χ4n) is 1.61. The number of aliphatic hydroxyl groups is 1. The van der Waals surface area contributed by atoms with Crippen LogP contribution in [0.2, 0.25) is 5.02 Å². The summed E-state index contributed by atoms with van der Waals surface area (Å²) in [6, 6.07) is 5.78. The van der Waals surface area contributed by atoms with Crippen LogP contribution in [0.3, 0.4) is 0 Å². The first-order valence-electron chi connectivity index (χ1n) is 3.74. The van der Waals surface area contributed by atoms with Gasteiger partial charge in [0, 0.05) is 10.6 Å². The van der Waals surface area contributed by atoms with E-state index in [1.807, 2.05) is 18.2 Å². The third-order valence-corrected chi connectivity index (χ3v) is 2.49. The molecule has 1 nitrogen and oxygen atoms in total. The van der Waals surface area contributed by atoms with Gasteiger partial charge in [0.05, 0.1) is 6.10 Å². The SMILES string of the molecule is O[C@H]1CCc2cccc(Cl)c21. The van der Waals surface area contributed by atoms with Gasteiger partial charge < -0.3 is 5.11 Å². The van der Waals surface area contributed by atoms with E-state index in [1.165, 1.54) is 5.56 Å². The highest BCUT2D eigenvalue weighted by Crippen LogP contribution is 2.35. The number of aliphatic hydroxyl groups excluding tert-OH is 1. The molecule has 2 heteroatoms. The van der Waals surface area contributed by atoms with E-state index < -0.39 is 0 Å². The van der Waals surface area contributed by atoms with Crippen LogP contribution in [0.15, 0.2) is 18.2 Å². The minimum atomic E-state index is -0.335. The van der Waals surface area contributed by atoms with Crippen molar-refractivity contribution in [2.45, 2.75) is 18.9 Å². The molecule has 1 N–H and O–H groups in total. The summed E-state index contributed by atoms with van der Waals surface area (Å²) in [5.74, 6) is 0. The van der Waals surface area contributed by atoms with E-state index >= 15 is 0 Å². The Labute approximate surface area is 70.6 Å². The number of benzene rings is 1. The lowest BCUT2D eigenvalue weighted by Gasteiger charge is -2.04. The van der Waals surface area contributed by atoms with Crippen molar-refractivity contribution in [2.24, 2.45) is 0 Å². The quantitative estimate of drug-likeness (QED) is 0.631. The van der Waals surface area contributed by atoms with Gasteiger partial charge in [-0.25, -0.2) is 0 Å². The third-order valence-electron chi connectivity index (χ3n) is 2.16. The average Bonchev–Trinajstić information content (AvgIpc) is 2.34. The van der Waals surface area contributed by atoms with Crippen molar-refractivity contribution in [3.63, 3.8) is 0 Å². The molecule has 0 spiro atoms. The molecule has 1 atom stereocenters. The summed E-state index contributed by atoms with van der Waals surface area (Å²) in [6.45, 7) is 0. The second-order valence-corrected chi connectivity index (χ2v) is 3.27. The van der Waals surface area contributed by atoms with Gasteiger partial charge in [-0.3, -0.25) is 0 Å². The van der Waals surface area contributed by atoms with Crippen molar-refractivity contribution in [3.8, 4) is 0 Å². The highest BCUT2D eigenvalue weighted by Gasteiger charge is 2.21. The van der Waals surface area contributed by atoms with Crippen LogP contribution in [-0.4, -0.2) is 5.11 Å². The Morgan fingerprint density at radius 3 is 3.00 bits per heavy atom. The number of rotatable bonds is 0. The molecular formula is C9H9ClO. The molecular weight excluding hydrogens is 160 g/mol. The molecule has 1 aromatic rings. The molecule has 11 heavy (non-hydrogen) atoms. The monoisotopic (exact) mass is 168 g/mol. The first kappa shape index (κ1) is 7.14. The Bertz CT molecular complexity index is 283. The topological polar surface area (TPSA) is 20.2 Å². The molecule has 0 saturated carbocycles. The second kappa shape index (κ2) is 2.50. The Morgan fingerprint density at radius 1 is 1.45 bits per heavy atom. The predicted octanol–water partition coefficient (Wildman–Crippen LogP) is 2.32. The standard InChI is InChI=1S/C9H9ClO/c10-7-3-1-2-6-4-5-8(11)9(6)7/h1-3,8,11H,4-5H2/t8-/m0/s1. The highest BCUT2D eigenvalue weighted by atomic mass is 35.5. The average molecular weight is 169 g/mol. The lowest BCUT2D eigenvalue weighted by Crippen LogP contribution is -1.90. The van der Waals surface area contributed by atoms with Crippen LogP contribution in [0.5, 0.6) is 0 Å². The molecule has 0 saturated heterocycles. The summed E-state index contributed by atoms with van der Waals surface area (Å²) >= 11 is 5.90. The number of hydrogen-bond donors (Lipinski definition) is 1. The van der Waals surface area contributed by atoms with Gasteiger partial charge in [0.25, 0.3) is 0 Å². The second-order valence-electron chi connectivity index (χ2n) is 2.87. The van der Waals surface area contributed by atoms with Crippen molar-refractivity contribution in [2.75, 3.05) is 0 Å². The molecule has 0 fully saturated rings. The zero-order valence-corrected chi connectivity index (χ0v) is 6.80. The van der Waals surface area contributed by atoms with Gasteiger partial charge in [-0.05, 0) is 24.5 Å². The van der Waals surface area contributed by atoms with Gasteiger partial charge >= 0.3 is 0 Å².